The van der Waals surface area contributed by atoms with Crippen molar-refractivity contribution in [2.75, 3.05) is 25.2 Å². The molecule has 0 saturated carbocycles. The van der Waals surface area contributed by atoms with Crippen molar-refractivity contribution >= 4 is 27.6 Å². The highest BCUT2D eigenvalue weighted by atomic mass is 79.9. The van der Waals surface area contributed by atoms with Crippen molar-refractivity contribution in [1.29, 1.82) is 5.26 Å². The van der Waals surface area contributed by atoms with Gasteiger partial charge >= 0.3 is 5.97 Å². The summed E-state index contributed by atoms with van der Waals surface area (Å²) in [6, 6.07) is 14.5. The Bertz CT molecular complexity index is 1370. The predicted molar refractivity (Wildman–Crippen MR) is 136 cm³/mol. The number of benzene rings is 3. The SMILES string of the molecule is CCOC(=O)c1c(C#N)c2c(c3c1-c1ccc(OC)cc1CC3)CN(CC)c1ccc(Br)cc1-2. The van der Waals surface area contributed by atoms with Crippen LogP contribution < -0.4 is 9.64 Å². The fourth-order valence-corrected chi connectivity index (χ4v) is 5.73. The maximum absolute atomic E-state index is 13.4. The first kappa shape index (κ1) is 22.5. The molecule has 5 nitrogen and oxygen atoms in total. The van der Waals surface area contributed by atoms with Crippen LogP contribution in [0.25, 0.3) is 22.3 Å². The van der Waals surface area contributed by atoms with E-state index >= 15 is 0 Å². The van der Waals surface area contributed by atoms with E-state index in [-0.39, 0.29) is 6.61 Å². The van der Waals surface area contributed by atoms with E-state index in [1.807, 2.05) is 24.3 Å². The molecule has 0 aromatic heterocycles. The van der Waals surface area contributed by atoms with Gasteiger partial charge in [0, 0.05) is 39.9 Å². The molecule has 3 aromatic carbocycles. The first-order valence-corrected chi connectivity index (χ1v) is 12.3. The number of carbonyl (C=O) groups excluding carboxylic acids is 1. The Morgan fingerprint density at radius 2 is 1.91 bits per heavy atom. The van der Waals surface area contributed by atoms with E-state index in [1.165, 1.54) is 0 Å². The zero-order valence-corrected chi connectivity index (χ0v) is 21.1. The van der Waals surface area contributed by atoms with Crippen LogP contribution in [0.2, 0.25) is 0 Å². The number of anilines is 1. The van der Waals surface area contributed by atoms with Gasteiger partial charge in [0.05, 0.1) is 24.8 Å². The minimum atomic E-state index is -0.448. The molecule has 0 atom stereocenters. The largest absolute Gasteiger partial charge is 0.497 e. The third kappa shape index (κ3) is 3.38. The first-order chi connectivity index (χ1) is 16.5. The van der Waals surface area contributed by atoms with Crippen LogP contribution >= 0.6 is 15.9 Å². The van der Waals surface area contributed by atoms with Gasteiger partial charge in [0.15, 0.2) is 0 Å². The monoisotopic (exact) mass is 516 g/mol. The van der Waals surface area contributed by atoms with Crippen molar-refractivity contribution in [2.45, 2.75) is 33.2 Å². The molecule has 3 aromatic rings. The normalized spacial score (nSPS) is 13.2. The number of hydrogen-bond donors (Lipinski definition) is 0. The smallest absolute Gasteiger partial charge is 0.340 e. The molecule has 0 amide bonds. The van der Waals surface area contributed by atoms with Crippen LogP contribution in [0.1, 0.15) is 46.5 Å². The van der Waals surface area contributed by atoms with Gasteiger partial charge in [-0.05, 0) is 79.3 Å². The molecule has 0 radical (unpaired) electrons. The number of rotatable bonds is 4. The highest BCUT2D eigenvalue weighted by Gasteiger charge is 2.35. The molecule has 0 fully saturated rings. The Balaban J connectivity index is 1.91. The molecular formula is C28H25BrN2O3. The van der Waals surface area contributed by atoms with Gasteiger partial charge in [-0.2, -0.15) is 5.26 Å². The molecule has 0 saturated heterocycles. The predicted octanol–water partition coefficient (Wildman–Crippen LogP) is 6.28. The standard InChI is InChI=1S/C28H25BrN2O3/c1-4-31-15-23-20-9-6-16-12-18(33-3)8-10-19(16)26(20)27(28(32)34-5-2)22(14-30)25(23)21-13-17(29)7-11-24(21)31/h7-8,10-13H,4-6,9,15H2,1-3H3. The van der Waals surface area contributed by atoms with Gasteiger partial charge in [-0.3, -0.25) is 0 Å². The lowest BCUT2D eigenvalue weighted by atomic mass is 9.74. The number of halogens is 1. The van der Waals surface area contributed by atoms with Crippen molar-refractivity contribution in [3.05, 3.63) is 68.7 Å². The highest BCUT2D eigenvalue weighted by molar-refractivity contribution is 9.10. The Labute approximate surface area is 208 Å². The van der Waals surface area contributed by atoms with Gasteiger partial charge < -0.3 is 14.4 Å². The number of methoxy groups -OCH3 is 1. The average Bonchev–Trinajstić information content (AvgIpc) is 2.86. The summed E-state index contributed by atoms with van der Waals surface area (Å²) in [5, 5.41) is 10.4. The summed E-state index contributed by atoms with van der Waals surface area (Å²) in [5.74, 6) is 0.338. The number of hydrogen-bond acceptors (Lipinski definition) is 5. The summed E-state index contributed by atoms with van der Waals surface area (Å²) in [6.45, 7) is 5.73. The second-order valence-electron chi connectivity index (χ2n) is 8.49. The summed E-state index contributed by atoms with van der Waals surface area (Å²) >= 11 is 3.61. The topological polar surface area (TPSA) is 62.6 Å². The third-order valence-corrected chi connectivity index (χ3v) is 7.33. The van der Waals surface area contributed by atoms with Gasteiger partial charge in [-0.15, -0.1) is 0 Å². The quantitative estimate of drug-likeness (QED) is 0.382. The van der Waals surface area contributed by atoms with E-state index in [4.69, 9.17) is 9.47 Å². The minimum Gasteiger partial charge on any atom is -0.497 e. The molecule has 34 heavy (non-hydrogen) atoms. The summed E-state index contributed by atoms with van der Waals surface area (Å²) in [7, 11) is 1.65. The van der Waals surface area contributed by atoms with Crippen molar-refractivity contribution in [2.24, 2.45) is 0 Å². The molecule has 0 spiro atoms. The van der Waals surface area contributed by atoms with Crippen molar-refractivity contribution in [3.63, 3.8) is 0 Å². The molecule has 2 aliphatic rings. The summed E-state index contributed by atoms with van der Waals surface area (Å²) in [4.78, 5) is 15.7. The Hall–Kier alpha value is -3.30. The fourth-order valence-electron chi connectivity index (χ4n) is 5.37. The Morgan fingerprint density at radius 1 is 1.09 bits per heavy atom. The number of esters is 1. The molecule has 6 heteroatoms. The van der Waals surface area contributed by atoms with Crippen LogP contribution in [-0.2, 0) is 24.1 Å². The van der Waals surface area contributed by atoms with Gasteiger partial charge in [-0.1, -0.05) is 22.0 Å². The number of fused-ring (bicyclic) bond motifs is 7. The number of ether oxygens (including phenoxy) is 2. The van der Waals surface area contributed by atoms with Crippen LogP contribution in [0.4, 0.5) is 5.69 Å². The van der Waals surface area contributed by atoms with Crippen LogP contribution in [0, 0.1) is 11.3 Å². The fraction of sp³-hybridized carbons (Fsp3) is 0.286. The zero-order valence-electron chi connectivity index (χ0n) is 19.5. The summed E-state index contributed by atoms with van der Waals surface area (Å²) in [6.07, 6.45) is 1.63. The molecule has 172 valence electrons. The molecular weight excluding hydrogens is 492 g/mol. The minimum absolute atomic E-state index is 0.247. The van der Waals surface area contributed by atoms with Crippen molar-refractivity contribution < 1.29 is 14.3 Å². The van der Waals surface area contributed by atoms with Gasteiger partial charge in [0.1, 0.15) is 11.8 Å². The van der Waals surface area contributed by atoms with E-state index < -0.39 is 5.97 Å². The van der Waals surface area contributed by atoms with Gasteiger partial charge in [-0.25, -0.2) is 4.79 Å². The molecule has 0 bridgehead atoms. The van der Waals surface area contributed by atoms with Crippen molar-refractivity contribution in [1.82, 2.24) is 0 Å². The molecule has 1 aliphatic heterocycles. The van der Waals surface area contributed by atoms with Gasteiger partial charge in [0.25, 0.3) is 0 Å². The second-order valence-corrected chi connectivity index (χ2v) is 9.40. The lowest BCUT2D eigenvalue weighted by Gasteiger charge is -2.37. The highest BCUT2D eigenvalue weighted by Crippen LogP contribution is 2.50. The van der Waals surface area contributed by atoms with E-state index in [0.29, 0.717) is 17.7 Å². The van der Waals surface area contributed by atoms with Crippen LogP contribution in [0.3, 0.4) is 0 Å². The summed E-state index contributed by atoms with van der Waals surface area (Å²) in [5.41, 5.74) is 8.89. The average molecular weight is 517 g/mol. The lowest BCUT2D eigenvalue weighted by Crippen LogP contribution is -2.29. The maximum Gasteiger partial charge on any atom is 0.340 e. The first-order valence-electron chi connectivity index (χ1n) is 11.5. The number of nitrogens with zero attached hydrogens (tertiary/aromatic N) is 2. The lowest BCUT2D eigenvalue weighted by molar-refractivity contribution is 0.0527. The van der Waals surface area contributed by atoms with E-state index in [2.05, 4.69) is 46.0 Å². The molecule has 0 unspecified atom stereocenters. The number of aryl methyl sites for hydroxylation is 1. The van der Waals surface area contributed by atoms with Crippen LogP contribution in [0.5, 0.6) is 5.75 Å². The maximum atomic E-state index is 13.4. The van der Waals surface area contributed by atoms with Crippen LogP contribution in [-0.4, -0.2) is 26.2 Å². The Morgan fingerprint density at radius 3 is 2.62 bits per heavy atom. The molecule has 1 heterocycles. The molecule has 1 aliphatic carbocycles. The van der Waals surface area contributed by atoms with Crippen molar-refractivity contribution in [3.8, 4) is 34.1 Å². The van der Waals surface area contributed by atoms with E-state index in [0.717, 1.165) is 74.2 Å². The van der Waals surface area contributed by atoms with E-state index in [9.17, 15) is 10.1 Å². The van der Waals surface area contributed by atoms with Gasteiger partial charge in [0.2, 0.25) is 0 Å². The van der Waals surface area contributed by atoms with Crippen LogP contribution in [0.15, 0.2) is 40.9 Å². The molecule has 0 N–H and O–H groups in total. The number of carbonyl (C=O) groups is 1. The zero-order chi connectivity index (χ0) is 24.0. The Kier molecular flexibility index (Phi) is 5.83. The molecule has 5 rings (SSSR count). The third-order valence-electron chi connectivity index (χ3n) is 6.83. The second kappa shape index (κ2) is 8.81. The number of nitriles is 1. The van der Waals surface area contributed by atoms with E-state index in [1.54, 1.807) is 14.0 Å². The summed E-state index contributed by atoms with van der Waals surface area (Å²) < 4.78 is 11.9.